The lowest BCUT2D eigenvalue weighted by atomic mass is 10.1. The molecule has 108 valence electrons. The first-order valence-electron chi connectivity index (χ1n) is 5.74. The van der Waals surface area contributed by atoms with Crippen LogP contribution in [0.15, 0.2) is 18.2 Å². The minimum atomic E-state index is -3.72. The molecule has 0 spiro atoms. The number of carbonyl (C=O) groups excluding carboxylic acids is 1. The van der Waals surface area contributed by atoms with Crippen LogP contribution in [-0.4, -0.2) is 28.4 Å². The Morgan fingerprint density at radius 1 is 1.45 bits per heavy atom. The van der Waals surface area contributed by atoms with Crippen molar-refractivity contribution in [2.75, 3.05) is 0 Å². The van der Waals surface area contributed by atoms with Gasteiger partial charge in [0.15, 0.2) is 4.75 Å². The van der Waals surface area contributed by atoms with E-state index >= 15 is 0 Å². The Morgan fingerprint density at radius 3 is 2.50 bits per heavy atom. The first-order valence-corrected chi connectivity index (χ1v) is 7.59. The van der Waals surface area contributed by atoms with Crippen LogP contribution in [0, 0.1) is 5.82 Å². The van der Waals surface area contributed by atoms with E-state index in [0.29, 0.717) is 9.87 Å². The molecule has 0 saturated carbocycles. The van der Waals surface area contributed by atoms with Crippen LogP contribution < -0.4 is 5.73 Å². The molecule has 1 heterocycles. The Bertz CT molecular complexity index is 713. The number of amides is 1. The van der Waals surface area contributed by atoms with Crippen molar-refractivity contribution in [3.05, 3.63) is 35.1 Å². The van der Waals surface area contributed by atoms with Gasteiger partial charge in [-0.3, -0.25) is 4.79 Å². The highest BCUT2D eigenvalue weighted by molar-refractivity contribution is 7.94. The standard InChI is InChI=1S/C12H13FN2O3S2/c1-12(2)11(16)15(20(12,17)18)6-8-4-3-7(10(14)19)5-9(8)13/h3-5H,6H2,1-2H3,(H2,14,19). The molecule has 0 unspecified atom stereocenters. The summed E-state index contributed by atoms with van der Waals surface area (Å²) >= 11 is 4.72. The average molecular weight is 316 g/mol. The molecule has 0 bridgehead atoms. The van der Waals surface area contributed by atoms with Gasteiger partial charge in [0.2, 0.25) is 0 Å². The van der Waals surface area contributed by atoms with Crippen molar-refractivity contribution in [1.29, 1.82) is 0 Å². The molecule has 0 radical (unpaired) electrons. The summed E-state index contributed by atoms with van der Waals surface area (Å²) in [6.07, 6.45) is 0. The molecule has 5 nitrogen and oxygen atoms in total. The predicted octanol–water partition coefficient (Wildman–Crippen LogP) is 0.911. The van der Waals surface area contributed by atoms with Gasteiger partial charge >= 0.3 is 0 Å². The van der Waals surface area contributed by atoms with E-state index in [-0.39, 0.29) is 17.1 Å². The van der Waals surface area contributed by atoms with Crippen molar-refractivity contribution < 1.29 is 17.6 Å². The number of thiocarbonyl (C=S) groups is 1. The second kappa shape index (κ2) is 4.49. The Labute approximate surface area is 121 Å². The Hall–Kier alpha value is -1.54. The van der Waals surface area contributed by atoms with Gasteiger partial charge in [0.1, 0.15) is 10.8 Å². The molecule has 0 aromatic heterocycles. The minimum Gasteiger partial charge on any atom is -0.389 e. The van der Waals surface area contributed by atoms with Crippen LogP contribution in [0.4, 0.5) is 4.39 Å². The maximum atomic E-state index is 13.9. The van der Waals surface area contributed by atoms with Crippen LogP contribution >= 0.6 is 12.2 Å². The van der Waals surface area contributed by atoms with Gasteiger partial charge in [0.25, 0.3) is 15.9 Å². The van der Waals surface area contributed by atoms with Gasteiger partial charge < -0.3 is 5.73 Å². The average Bonchev–Trinajstić information content (AvgIpc) is 2.35. The van der Waals surface area contributed by atoms with E-state index in [2.05, 4.69) is 0 Å². The summed E-state index contributed by atoms with van der Waals surface area (Å²) < 4.78 is 36.9. The van der Waals surface area contributed by atoms with E-state index in [4.69, 9.17) is 18.0 Å². The fourth-order valence-electron chi connectivity index (χ4n) is 1.90. The Balaban J connectivity index is 2.29. The molecular formula is C12H13FN2O3S2. The van der Waals surface area contributed by atoms with Crippen LogP contribution in [0.1, 0.15) is 25.0 Å². The maximum Gasteiger partial charge on any atom is 0.259 e. The van der Waals surface area contributed by atoms with E-state index in [1.54, 1.807) is 0 Å². The van der Waals surface area contributed by atoms with Crippen molar-refractivity contribution in [3.8, 4) is 0 Å². The highest BCUT2D eigenvalue weighted by atomic mass is 32.2. The second-order valence-electron chi connectivity index (χ2n) is 5.00. The lowest BCUT2D eigenvalue weighted by Crippen LogP contribution is -2.66. The molecule has 8 heteroatoms. The third kappa shape index (κ3) is 1.99. The number of hydrogen-bond donors (Lipinski definition) is 1. The SMILES string of the molecule is CC1(C)C(=O)N(Cc2ccc(C(N)=S)cc2F)S1(=O)=O. The van der Waals surface area contributed by atoms with Crippen molar-refractivity contribution in [1.82, 2.24) is 4.31 Å². The number of sulfonamides is 1. The topological polar surface area (TPSA) is 80.5 Å². The maximum absolute atomic E-state index is 13.9. The van der Waals surface area contributed by atoms with Crippen molar-refractivity contribution in [3.63, 3.8) is 0 Å². The predicted molar refractivity (Wildman–Crippen MR) is 75.8 cm³/mol. The van der Waals surface area contributed by atoms with Crippen LogP contribution in [0.3, 0.4) is 0 Å². The summed E-state index contributed by atoms with van der Waals surface area (Å²) in [5.74, 6) is -1.20. The first kappa shape index (κ1) is 14.9. The summed E-state index contributed by atoms with van der Waals surface area (Å²) in [4.78, 5) is 11.8. The second-order valence-corrected chi connectivity index (χ2v) is 7.85. The molecule has 1 amide bonds. The lowest BCUT2D eigenvalue weighted by molar-refractivity contribution is -0.132. The van der Waals surface area contributed by atoms with E-state index < -0.39 is 26.5 Å². The molecular weight excluding hydrogens is 303 g/mol. The fraction of sp³-hybridized carbons (Fsp3) is 0.333. The van der Waals surface area contributed by atoms with Gasteiger partial charge in [0.05, 0.1) is 6.54 Å². The number of benzene rings is 1. The molecule has 1 saturated heterocycles. The van der Waals surface area contributed by atoms with Gasteiger partial charge in [-0.2, -0.15) is 0 Å². The molecule has 1 aliphatic heterocycles. The van der Waals surface area contributed by atoms with Gasteiger partial charge in [0, 0.05) is 11.1 Å². The molecule has 0 aliphatic carbocycles. The number of nitrogens with two attached hydrogens (primary N) is 1. The van der Waals surface area contributed by atoms with Gasteiger partial charge in [-0.25, -0.2) is 17.1 Å². The molecule has 1 aromatic carbocycles. The number of hydrogen-bond acceptors (Lipinski definition) is 4. The van der Waals surface area contributed by atoms with Crippen molar-refractivity contribution in [2.45, 2.75) is 25.1 Å². The van der Waals surface area contributed by atoms with Gasteiger partial charge in [-0.05, 0) is 19.9 Å². The van der Waals surface area contributed by atoms with E-state index in [1.807, 2.05) is 0 Å². The number of halogens is 1. The Kier molecular flexibility index (Phi) is 3.34. The molecule has 1 aliphatic rings. The molecule has 2 rings (SSSR count). The highest BCUT2D eigenvalue weighted by Gasteiger charge is 2.59. The first-order chi connectivity index (χ1) is 9.09. The number of nitrogens with zero attached hydrogens (tertiary/aromatic N) is 1. The molecule has 2 N–H and O–H groups in total. The quantitative estimate of drug-likeness (QED) is 0.839. The van der Waals surface area contributed by atoms with E-state index in [9.17, 15) is 17.6 Å². The smallest absolute Gasteiger partial charge is 0.259 e. The molecule has 1 aromatic rings. The van der Waals surface area contributed by atoms with Gasteiger partial charge in [-0.1, -0.05) is 24.4 Å². The molecule has 20 heavy (non-hydrogen) atoms. The van der Waals surface area contributed by atoms with E-state index in [0.717, 1.165) is 6.07 Å². The molecule has 0 atom stereocenters. The third-order valence-corrected chi connectivity index (χ3v) is 5.90. The molecule has 1 fully saturated rings. The van der Waals surface area contributed by atoms with E-state index in [1.165, 1.54) is 26.0 Å². The zero-order valence-electron chi connectivity index (χ0n) is 10.9. The Morgan fingerprint density at radius 2 is 2.05 bits per heavy atom. The van der Waals surface area contributed by atoms with Crippen molar-refractivity contribution >= 4 is 33.1 Å². The lowest BCUT2D eigenvalue weighted by Gasteiger charge is -2.43. The fourth-order valence-corrected chi connectivity index (χ4v) is 3.53. The minimum absolute atomic E-state index is 0.0456. The van der Waals surface area contributed by atoms with Crippen LogP contribution in [-0.2, 0) is 21.4 Å². The summed E-state index contributed by atoms with van der Waals surface area (Å²) in [6.45, 7) is 2.33. The number of carbonyl (C=O) groups is 1. The largest absolute Gasteiger partial charge is 0.389 e. The summed E-state index contributed by atoms with van der Waals surface area (Å²) in [7, 11) is -3.72. The normalized spacial score (nSPS) is 19.6. The summed E-state index contributed by atoms with van der Waals surface area (Å²) in [5, 5.41) is 0. The number of rotatable bonds is 3. The van der Waals surface area contributed by atoms with Crippen LogP contribution in [0.5, 0.6) is 0 Å². The zero-order valence-corrected chi connectivity index (χ0v) is 12.5. The summed E-state index contributed by atoms with van der Waals surface area (Å²) in [6, 6.07) is 3.99. The van der Waals surface area contributed by atoms with Crippen molar-refractivity contribution in [2.24, 2.45) is 5.73 Å². The highest BCUT2D eigenvalue weighted by Crippen LogP contribution is 2.36. The summed E-state index contributed by atoms with van der Waals surface area (Å²) in [5.41, 5.74) is 5.82. The third-order valence-electron chi connectivity index (χ3n) is 3.33. The zero-order chi connectivity index (χ0) is 15.3. The monoisotopic (exact) mass is 316 g/mol. The van der Waals surface area contributed by atoms with Crippen LogP contribution in [0.25, 0.3) is 0 Å². The van der Waals surface area contributed by atoms with Crippen LogP contribution in [0.2, 0.25) is 0 Å². The van der Waals surface area contributed by atoms with Gasteiger partial charge in [-0.15, -0.1) is 0 Å².